The Bertz CT molecular complexity index is 908. The van der Waals surface area contributed by atoms with E-state index in [9.17, 15) is 4.79 Å². The molecule has 0 amide bonds. The van der Waals surface area contributed by atoms with E-state index in [0.29, 0.717) is 11.1 Å². The highest BCUT2D eigenvalue weighted by Gasteiger charge is 2.13. The Balaban J connectivity index is 1.62. The molecule has 2 aromatic heterocycles. The lowest BCUT2D eigenvalue weighted by atomic mass is 10.1. The third-order valence-corrected chi connectivity index (χ3v) is 4.08. The van der Waals surface area contributed by atoms with Gasteiger partial charge in [-0.3, -0.25) is 4.79 Å². The van der Waals surface area contributed by atoms with Gasteiger partial charge >= 0.3 is 0 Å². The van der Waals surface area contributed by atoms with Gasteiger partial charge in [-0.2, -0.15) is 0 Å². The molecule has 0 atom stereocenters. The summed E-state index contributed by atoms with van der Waals surface area (Å²) in [7, 11) is 0. The van der Waals surface area contributed by atoms with Gasteiger partial charge in [0.1, 0.15) is 0 Å². The smallest absolute Gasteiger partial charge is 0.199 e. The van der Waals surface area contributed by atoms with Crippen LogP contribution in [-0.4, -0.2) is 17.2 Å². The number of carbonyl (C=O) groups is 1. The maximum Gasteiger partial charge on any atom is 0.199 e. The third-order valence-electron chi connectivity index (χ3n) is 4.08. The van der Waals surface area contributed by atoms with Gasteiger partial charge in [0.2, 0.25) is 0 Å². The Labute approximate surface area is 152 Å². The third kappa shape index (κ3) is 4.60. The molecule has 0 aliphatic rings. The molecule has 0 fully saturated rings. The van der Waals surface area contributed by atoms with Crippen LogP contribution in [-0.2, 0) is 13.1 Å². The summed E-state index contributed by atoms with van der Waals surface area (Å²) in [5.41, 5.74) is 2.23. The Kier molecular flexibility index (Phi) is 5.83. The average Bonchev–Trinajstić information content (AvgIpc) is 2.69. The first-order valence-corrected chi connectivity index (χ1v) is 8.51. The molecule has 0 radical (unpaired) electrons. The number of aromatic nitrogens is 2. The predicted molar refractivity (Wildman–Crippen MR) is 97.1 cm³/mol. The van der Waals surface area contributed by atoms with Crippen LogP contribution in [0.1, 0.15) is 27.9 Å². The van der Waals surface area contributed by atoms with Crippen LogP contribution in [0.5, 0.6) is 0 Å². The Morgan fingerprint density at radius 2 is 1.54 bits per heavy atom. The van der Waals surface area contributed by atoms with E-state index >= 15 is 0 Å². The lowest BCUT2D eigenvalue weighted by Crippen LogP contribution is -2.39. The summed E-state index contributed by atoms with van der Waals surface area (Å²) >= 11 is 0. The van der Waals surface area contributed by atoms with Crippen molar-refractivity contribution in [3.8, 4) is 0 Å². The van der Waals surface area contributed by atoms with Crippen LogP contribution in [0, 0.1) is 0 Å². The molecule has 0 aliphatic heterocycles. The monoisotopic (exact) mass is 347 g/mol. The van der Waals surface area contributed by atoms with E-state index in [4.69, 9.17) is 5.21 Å². The van der Waals surface area contributed by atoms with Crippen LogP contribution in [0.2, 0.25) is 0 Å². The van der Waals surface area contributed by atoms with Gasteiger partial charge in [-0.05, 0) is 12.1 Å². The standard InChI is InChI=1S/C21H20N3O2/c25-21(19-8-2-1-3-9-19)20-10-5-12-24(17-20)14-6-13-23-11-4-7-18(16-23)15-22-26/h1-5,7-12,15-17H,6,13-14H2/q+1/p+1/b22-15+. The van der Waals surface area contributed by atoms with Crippen molar-refractivity contribution in [1.82, 2.24) is 0 Å². The average molecular weight is 347 g/mol. The van der Waals surface area contributed by atoms with Crippen molar-refractivity contribution in [3.05, 3.63) is 96.1 Å². The number of nitrogens with zero attached hydrogens (tertiary/aromatic N) is 3. The zero-order valence-corrected chi connectivity index (χ0v) is 14.4. The lowest BCUT2D eigenvalue weighted by molar-refractivity contribution is -0.727. The molecule has 3 aromatic rings. The topological polar surface area (TPSA) is 57.4 Å². The molecule has 0 spiro atoms. The Morgan fingerprint density at radius 3 is 2.27 bits per heavy atom. The molecule has 0 bridgehead atoms. The molecule has 0 saturated heterocycles. The van der Waals surface area contributed by atoms with Crippen LogP contribution >= 0.6 is 0 Å². The molecule has 26 heavy (non-hydrogen) atoms. The van der Waals surface area contributed by atoms with Gasteiger partial charge in [0.05, 0.1) is 23.8 Å². The molecule has 2 heterocycles. The molecular weight excluding hydrogens is 326 g/mol. The normalized spacial score (nSPS) is 10.9. The van der Waals surface area contributed by atoms with E-state index in [1.165, 1.54) is 6.21 Å². The van der Waals surface area contributed by atoms with Crippen LogP contribution in [0.4, 0.5) is 0 Å². The van der Waals surface area contributed by atoms with Crippen molar-refractivity contribution in [2.75, 3.05) is 0 Å². The summed E-state index contributed by atoms with van der Waals surface area (Å²) in [6.07, 6.45) is 10.1. The zero-order valence-electron chi connectivity index (χ0n) is 14.4. The summed E-state index contributed by atoms with van der Waals surface area (Å²) in [6, 6.07) is 16.9. The molecule has 0 unspecified atom stereocenters. The first-order valence-electron chi connectivity index (χ1n) is 8.51. The van der Waals surface area contributed by atoms with Crippen molar-refractivity contribution in [1.29, 1.82) is 0 Å². The highest BCUT2D eigenvalue weighted by Crippen LogP contribution is 2.07. The quantitative estimate of drug-likeness (QED) is 0.235. The highest BCUT2D eigenvalue weighted by atomic mass is 16.4. The van der Waals surface area contributed by atoms with E-state index in [1.807, 2.05) is 84.0 Å². The number of aryl methyl sites for hydroxylation is 2. The van der Waals surface area contributed by atoms with Crippen molar-refractivity contribution >= 4 is 12.0 Å². The number of ketones is 1. The highest BCUT2D eigenvalue weighted by molar-refractivity contribution is 6.08. The SMILES string of the molecule is O=C(c1ccccc1)c1ccc[n+](CCC[n+]2cccc(/C=N/O)c2)c1. The largest absolute Gasteiger partial charge is 0.411 e. The van der Waals surface area contributed by atoms with E-state index in [2.05, 4.69) is 9.72 Å². The fourth-order valence-electron chi connectivity index (χ4n) is 2.81. The molecule has 130 valence electrons. The minimum atomic E-state index is 0.0327. The molecule has 3 rings (SSSR count). The van der Waals surface area contributed by atoms with E-state index in [0.717, 1.165) is 25.1 Å². The van der Waals surface area contributed by atoms with Gasteiger partial charge in [0, 0.05) is 17.7 Å². The number of hydrogen-bond donors (Lipinski definition) is 1. The number of hydrogen-bond acceptors (Lipinski definition) is 3. The summed E-state index contributed by atoms with van der Waals surface area (Å²) in [5.74, 6) is 0.0327. The van der Waals surface area contributed by atoms with Crippen LogP contribution in [0.15, 0.2) is 84.5 Å². The summed E-state index contributed by atoms with van der Waals surface area (Å²) < 4.78 is 4.09. The van der Waals surface area contributed by atoms with Gasteiger partial charge < -0.3 is 5.21 Å². The molecule has 1 N–H and O–H groups in total. The molecule has 0 saturated carbocycles. The number of oxime groups is 1. The Hall–Kier alpha value is -3.34. The van der Waals surface area contributed by atoms with E-state index in [1.54, 1.807) is 0 Å². The minimum Gasteiger partial charge on any atom is -0.411 e. The van der Waals surface area contributed by atoms with E-state index in [-0.39, 0.29) is 5.78 Å². The molecule has 5 heteroatoms. The Morgan fingerprint density at radius 1 is 0.885 bits per heavy atom. The van der Waals surface area contributed by atoms with Crippen LogP contribution in [0.25, 0.3) is 0 Å². The summed E-state index contributed by atoms with van der Waals surface area (Å²) in [5, 5.41) is 11.7. The van der Waals surface area contributed by atoms with Crippen LogP contribution in [0.3, 0.4) is 0 Å². The number of benzene rings is 1. The van der Waals surface area contributed by atoms with Crippen LogP contribution < -0.4 is 9.13 Å². The second-order valence-electron chi connectivity index (χ2n) is 6.00. The number of pyridine rings is 2. The molecule has 5 nitrogen and oxygen atoms in total. The van der Waals surface area contributed by atoms with Crippen molar-refractivity contribution < 1.29 is 19.1 Å². The molecular formula is C21H21N3O2+2. The van der Waals surface area contributed by atoms with Gasteiger partial charge in [-0.15, -0.1) is 0 Å². The maximum atomic E-state index is 12.5. The predicted octanol–water partition coefficient (Wildman–Crippen LogP) is 2.39. The van der Waals surface area contributed by atoms with Gasteiger partial charge in [0.15, 0.2) is 43.7 Å². The first kappa shape index (κ1) is 17.5. The number of rotatable bonds is 7. The summed E-state index contributed by atoms with van der Waals surface area (Å²) in [4.78, 5) is 12.5. The minimum absolute atomic E-state index is 0.0327. The second kappa shape index (κ2) is 8.67. The molecule has 1 aromatic carbocycles. The first-order chi connectivity index (χ1) is 12.8. The molecule has 0 aliphatic carbocycles. The summed E-state index contributed by atoms with van der Waals surface area (Å²) in [6.45, 7) is 1.64. The lowest BCUT2D eigenvalue weighted by Gasteiger charge is -2.01. The number of carbonyl (C=O) groups excluding carboxylic acids is 1. The zero-order chi connectivity index (χ0) is 18.2. The van der Waals surface area contributed by atoms with Crippen molar-refractivity contribution in [2.45, 2.75) is 19.5 Å². The van der Waals surface area contributed by atoms with Crippen molar-refractivity contribution in [2.24, 2.45) is 5.16 Å². The van der Waals surface area contributed by atoms with Gasteiger partial charge in [-0.1, -0.05) is 35.5 Å². The second-order valence-corrected chi connectivity index (χ2v) is 6.00. The van der Waals surface area contributed by atoms with Gasteiger partial charge in [0.25, 0.3) is 0 Å². The van der Waals surface area contributed by atoms with Gasteiger partial charge in [-0.25, -0.2) is 9.13 Å². The fraction of sp³-hybridized carbons (Fsp3) is 0.143. The van der Waals surface area contributed by atoms with E-state index < -0.39 is 0 Å². The van der Waals surface area contributed by atoms with Crippen molar-refractivity contribution in [3.63, 3.8) is 0 Å². The maximum absolute atomic E-state index is 12.5. The fourth-order valence-corrected chi connectivity index (χ4v) is 2.81.